The van der Waals surface area contributed by atoms with Gasteiger partial charge in [0.2, 0.25) is 0 Å². The molecule has 5 aliphatic rings. The monoisotopic (exact) mass is 382 g/mol. The second kappa shape index (κ2) is 6.05. The fraction of sp³-hybridized carbons (Fsp3) is 0.846. The van der Waals surface area contributed by atoms with Gasteiger partial charge in [0.25, 0.3) is 0 Å². The molecule has 2 nitrogen and oxygen atoms in total. The first kappa shape index (κ1) is 19.1. The third kappa shape index (κ3) is 2.16. The fourth-order valence-electron chi connectivity index (χ4n) is 9.78. The van der Waals surface area contributed by atoms with Crippen LogP contribution in [0.25, 0.3) is 0 Å². The number of hydrogen-bond donors (Lipinski definition) is 0. The molecule has 0 aromatic heterocycles. The van der Waals surface area contributed by atoms with Gasteiger partial charge in [-0.05, 0) is 98.4 Å². The summed E-state index contributed by atoms with van der Waals surface area (Å²) >= 11 is 0. The van der Waals surface area contributed by atoms with E-state index in [1.165, 1.54) is 50.5 Å². The van der Waals surface area contributed by atoms with Crippen LogP contribution in [0.5, 0.6) is 0 Å². The quantitative estimate of drug-likeness (QED) is 0.546. The molecule has 0 N–H and O–H groups in total. The van der Waals surface area contributed by atoms with Gasteiger partial charge in [-0.3, -0.25) is 9.59 Å². The molecule has 0 aliphatic heterocycles. The lowest BCUT2D eigenvalue weighted by Gasteiger charge is -2.61. The van der Waals surface area contributed by atoms with Crippen LogP contribution in [-0.4, -0.2) is 11.6 Å². The molecule has 0 amide bonds. The minimum atomic E-state index is -0.0380. The molecule has 8 atom stereocenters. The predicted molar refractivity (Wildman–Crippen MR) is 112 cm³/mol. The summed E-state index contributed by atoms with van der Waals surface area (Å²) < 4.78 is 0. The Labute approximate surface area is 170 Å². The van der Waals surface area contributed by atoms with E-state index in [0.717, 1.165) is 25.2 Å². The molecule has 0 spiro atoms. The summed E-state index contributed by atoms with van der Waals surface area (Å²) in [7, 11) is 0. The second-order valence-corrected chi connectivity index (χ2v) is 11.7. The van der Waals surface area contributed by atoms with Crippen LogP contribution in [0.2, 0.25) is 0 Å². The number of rotatable bonds is 1. The molecule has 4 saturated carbocycles. The van der Waals surface area contributed by atoms with Crippen LogP contribution in [0.1, 0.15) is 91.9 Å². The van der Waals surface area contributed by atoms with Crippen LogP contribution in [0, 0.1) is 45.8 Å². The van der Waals surface area contributed by atoms with Crippen LogP contribution in [-0.2, 0) is 9.59 Å². The zero-order chi connectivity index (χ0) is 19.9. The van der Waals surface area contributed by atoms with Crippen molar-refractivity contribution in [2.24, 2.45) is 45.8 Å². The van der Waals surface area contributed by atoms with E-state index in [-0.39, 0.29) is 16.2 Å². The first-order valence-electron chi connectivity index (χ1n) is 12.0. The summed E-state index contributed by atoms with van der Waals surface area (Å²) in [5, 5.41) is 0. The highest BCUT2D eigenvalue weighted by Crippen LogP contribution is 2.74. The Kier molecular flexibility index (Phi) is 4.12. The standard InChI is InChI=1S/C26H38O2/c1-16-13-20-21(24(3)11-8-19(28)15-22(16)24)9-12-25(4)23(20)14-18-7-5-6-10-26(18,25)17(2)27/h15-16,18,20-21,23H,5-14H2,1-4H3/t16-,18+,20+,21+,23+,24+,25-,26+/m0/s1. The van der Waals surface area contributed by atoms with Crippen LogP contribution in [0.4, 0.5) is 0 Å². The number of hydrogen-bond acceptors (Lipinski definition) is 2. The predicted octanol–water partition coefficient (Wildman–Crippen LogP) is 6.14. The molecule has 0 bridgehead atoms. The average Bonchev–Trinajstić information content (AvgIpc) is 2.94. The first-order valence-corrected chi connectivity index (χ1v) is 12.0. The Morgan fingerprint density at radius 2 is 1.82 bits per heavy atom. The SMILES string of the molecule is CC(=O)[C@]12CCCC[C@@H]1C[C@@H]1[C@@H]3C[C@H](C)C4=CC(=O)CC[C@]4(C)[C@@H]3CC[C@@]12C. The van der Waals surface area contributed by atoms with E-state index in [0.29, 0.717) is 35.2 Å². The molecule has 0 saturated heterocycles. The fourth-order valence-corrected chi connectivity index (χ4v) is 9.78. The number of carbonyl (C=O) groups excluding carboxylic acids is 2. The van der Waals surface area contributed by atoms with Gasteiger partial charge in [-0.25, -0.2) is 0 Å². The number of allylic oxidation sites excluding steroid dienone is 1. The van der Waals surface area contributed by atoms with E-state index in [9.17, 15) is 9.59 Å². The van der Waals surface area contributed by atoms with Gasteiger partial charge in [0.1, 0.15) is 5.78 Å². The van der Waals surface area contributed by atoms with Gasteiger partial charge in [-0.1, -0.05) is 39.2 Å². The maximum absolute atomic E-state index is 13.2. The lowest BCUT2D eigenvalue weighted by molar-refractivity contribution is -0.149. The van der Waals surface area contributed by atoms with Crippen molar-refractivity contribution < 1.29 is 9.59 Å². The van der Waals surface area contributed by atoms with Gasteiger partial charge in [-0.15, -0.1) is 0 Å². The topological polar surface area (TPSA) is 34.1 Å². The summed E-state index contributed by atoms with van der Waals surface area (Å²) in [4.78, 5) is 25.3. The van der Waals surface area contributed by atoms with Crippen molar-refractivity contribution in [1.82, 2.24) is 0 Å². The Morgan fingerprint density at radius 3 is 2.57 bits per heavy atom. The van der Waals surface area contributed by atoms with Gasteiger partial charge >= 0.3 is 0 Å². The van der Waals surface area contributed by atoms with E-state index in [1.54, 1.807) is 0 Å². The van der Waals surface area contributed by atoms with E-state index >= 15 is 0 Å². The summed E-state index contributed by atoms with van der Waals surface area (Å²) in [6.07, 6.45) is 13.8. The van der Waals surface area contributed by atoms with Crippen molar-refractivity contribution in [1.29, 1.82) is 0 Å². The third-order valence-electron chi connectivity index (χ3n) is 10.9. The Morgan fingerprint density at radius 1 is 1.04 bits per heavy atom. The molecule has 28 heavy (non-hydrogen) atoms. The Hall–Kier alpha value is -0.920. The van der Waals surface area contributed by atoms with E-state index < -0.39 is 0 Å². The normalized spacial score (nSPS) is 52.8. The summed E-state index contributed by atoms with van der Waals surface area (Å²) in [6.45, 7) is 9.28. The van der Waals surface area contributed by atoms with Crippen molar-refractivity contribution in [3.63, 3.8) is 0 Å². The van der Waals surface area contributed by atoms with Gasteiger partial charge in [0.05, 0.1) is 0 Å². The van der Waals surface area contributed by atoms with Gasteiger partial charge in [-0.2, -0.15) is 0 Å². The Bertz CT molecular complexity index is 750. The minimum Gasteiger partial charge on any atom is -0.299 e. The molecular weight excluding hydrogens is 344 g/mol. The lowest BCUT2D eigenvalue weighted by Crippen LogP contribution is -2.56. The summed E-state index contributed by atoms with van der Waals surface area (Å²) in [6, 6.07) is 0. The van der Waals surface area contributed by atoms with Gasteiger partial charge in [0.15, 0.2) is 5.78 Å². The molecule has 0 heterocycles. The molecule has 2 heteroatoms. The number of ketones is 2. The Balaban J connectivity index is 1.57. The molecule has 4 fully saturated rings. The van der Waals surface area contributed by atoms with Crippen molar-refractivity contribution in [3.05, 3.63) is 11.6 Å². The lowest BCUT2D eigenvalue weighted by atomic mass is 9.43. The average molecular weight is 383 g/mol. The van der Waals surface area contributed by atoms with Crippen molar-refractivity contribution in [3.8, 4) is 0 Å². The summed E-state index contributed by atoms with van der Waals surface area (Å²) in [5.41, 5.74) is 1.84. The summed E-state index contributed by atoms with van der Waals surface area (Å²) in [5.74, 6) is 4.16. The van der Waals surface area contributed by atoms with Crippen LogP contribution in [0.15, 0.2) is 11.6 Å². The first-order chi connectivity index (χ1) is 13.2. The molecule has 0 radical (unpaired) electrons. The highest BCUT2D eigenvalue weighted by atomic mass is 16.1. The third-order valence-corrected chi connectivity index (χ3v) is 10.9. The number of carbonyl (C=O) groups is 2. The molecular formula is C26H38O2. The second-order valence-electron chi connectivity index (χ2n) is 11.7. The highest BCUT2D eigenvalue weighted by molar-refractivity contribution is 5.91. The maximum atomic E-state index is 13.2. The van der Waals surface area contributed by atoms with E-state index in [2.05, 4.69) is 20.8 Å². The molecule has 5 aliphatic carbocycles. The highest BCUT2D eigenvalue weighted by Gasteiger charge is 2.69. The van der Waals surface area contributed by atoms with Crippen LogP contribution >= 0.6 is 0 Å². The maximum Gasteiger partial charge on any atom is 0.155 e. The molecule has 0 aromatic carbocycles. The minimum absolute atomic E-state index is 0.0380. The van der Waals surface area contributed by atoms with Crippen LogP contribution in [0.3, 0.4) is 0 Å². The molecule has 154 valence electrons. The van der Waals surface area contributed by atoms with Crippen molar-refractivity contribution >= 4 is 11.6 Å². The smallest absolute Gasteiger partial charge is 0.155 e. The van der Waals surface area contributed by atoms with Crippen molar-refractivity contribution in [2.45, 2.75) is 91.9 Å². The van der Waals surface area contributed by atoms with Crippen LogP contribution < -0.4 is 0 Å². The van der Waals surface area contributed by atoms with Crippen molar-refractivity contribution in [2.75, 3.05) is 0 Å². The molecule has 5 rings (SSSR count). The van der Waals surface area contributed by atoms with Gasteiger partial charge in [0, 0.05) is 11.8 Å². The van der Waals surface area contributed by atoms with E-state index in [1.807, 2.05) is 13.0 Å². The van der Waals surface area contributed by atoms with Gasteiger partial charge < -0.3 is 0 Å². The number of Topliss-reactive ketones (excluding diaryl/α,β-unsaturated/α-hetero) is 1. The largest absolute Gasteiger partial charge is 0.299 e. The molecule has 0 aromatic rings. The zero-order valence-corrected chi connectivity index (χ0v) is 18.4. The number of fused-ring (bicyclic) bond motifs is 7. The van der Waals surface area contributed by atoms with E-state index in [4.69, 9.17) is 0 Å². The molecule has 0 unspecified atom stereocenters. The zero-order valence-electron chi connectivity index (χ0n) is 18.4.